The quantitative estimate of drug-likeness (QED) is 0.492. The molecule has 0 saturated heterocycles. The van der Waals surface area contributed by atoms with E-state index >= 15 is 0 Å². The highest BCUT2D eigenvalue weighted by atomic mass is 32.2. The summed E-state index contributed by atoms with van der Waals surface area (Å²) in [6, 6.07) is 10.7. The number of sulfonamides is 1. The number of hydrogen-bond acceptors (Lipinski definition) is 5. The van der Waals surface area contributed by atoms with E-state index in [1.165, 1.54) is 6.20 Å². The number of benzene rings is 1. The minimum Gasteiger partial charge on any atom is -0.331 e. The SMILES string of the molecule is CC(NC(=O)Nc1cc2[nH]nc(NS(=O)(=O)C3CCC3)c2cn1)c1ccccc1. The lowest BCUT2D eigenvalue weighted by Gasteiger charge is -2.24. The molecule has 1 saturated carbocycles. The fraction of sp³-hybridized carbons (Fsp3) is 0.316. The van der Waals surface area contributed by atoms with Crippen molar-refractivity contribution >= 4 is 38.6 Å². The van der Waals surface area contributed by atoms with Crippen molar-refractivity contribution in [3.8, 4) is 0 Å². The third-order valence-corrected chi connectivity index (χ3v) is 6.89. The Hall–Kier alpha value is -3.14. The van der Waals surface area contributed by atoms with Crippen LogP contribution in [0.25, 0.3) is 10.9 Å². The molecule has 1 atom stereocenters. The summed E-state index contributed by atoms with van der Waals surface area (Å²) in [5, 5.41) is 12.5. The van der Waals surface area contributed by atoms with Gasteiger partial charge in [0.15, 0.2) is 5.82 Å². The van der Waals surface area contributed by atoms with Crippen LogP contribution >= 0.6 is 0 Å². The van der Waals surface area contributed by atoms with Crippen LogP contribution < -0.4 is 15.4 Å². The van der Waals surface area contributed by atoms with E-state index in [9.17, 15) is 13.2 Å². The first-order valence-corrected chi connectivity index (χ1v) is 11.0. The average Bonchev–Trinajstić information content (AvgIpc) is 3.01. The van der Waals surface area contributed by atoms with Crippen LogP contribution in [0, 0.1) is 0 Å². The highest BCUT2D eigenvalue weighted by Gasteiger charge is 2.32. The van der Waals surface area contributed by atoms with Crippen LogP contribution in [-0.4, -0.2) is 34.9 Å². The molecule has 4 N–H and O–H groups in total. The van der Waals surface area contributed by atoms with Crippen LogP contribution in [0.3, 0.4) is 0 Å². The Morgan fingerprint density at radius 2 is 2.00 bits per heavy atom. The van der Waals surface area contributed by atoms with Crippen molar-refractivity contribution < 1.29 is 13.2 Å². The average molecular weight is 414 g/mol. The van der Waals surface area contributed by atoms with Crippen LogP contribution in [0.4, 0.5) is 16.4 Å². The monoisotopic (exact) mass is 414 g/mol. The maximum atomic E-state index is 12.3. The summed E-state index contributed by atoms with van der Waals surface area (Å²) in [6.45, 7) is 1.89. The summed E-state index contributed by atoms with van der Waals surface area (Å²) in [6.07, 6.45) is 3.74. The number of amides is 2. The molecule has 4 rings (SSSR count). The summed E-state index contributed by atoms with van der Waals surface area (Å²) in [4.78, 5) is 16.5. The number of pyridine rings is 1. The molecule has 1 aliphatic carbocycles. The van der Waals surface area contributed by atoms with Gasteiger partial charge < -0.3 is 5.32 Å². The van der Waals surface area contributed by atoms with E-state index in [4.69, 9.17) is 0 Å². The highest BCUT2D eigenvalue weighted by Crippen LogP contribution is 2.29. The number of carbonyl (C=O) groups is 1. The van der Waals surface area contributed by atoms with Gasteiger partial charge in [0, 0.05) is 12.3 Å². The van der Waals surface area contributed by atoms with Crippen LogP contribution in [0.1, 0.15) is 37.8 Å². The molecule has 10 heteroatoms. The molecule has 9 nitrogen and oxygen atoms in total. The second-order valence-corrected chi connectivity index (χ2v) is 9.08. The molecule has 0 aliphatic heterocycles. The molecule has 1 aromatic carbocycles. The molecule has 0 bridgehead atoms. The molecular formula is C19H22N6O3S. The number of nitrogens with one attached hydrogen (secondary N) is 4. The van der Waals surface area contributed by atoms with Gasteiger partial charge in [0.25, 0.3) is 0 Å². The van der Waals surface area contributed by atoms with Gasteiger partial charge in [-0.15, -0.1) is 0 Å². The number of rotatable bonds is 6. The Bertz CT molecular complexity index is 1130. The molecule has 29 heavy (non-hydrogen) atoms. The fourth-order valence-corrected chi connectivity index (χ4v) is 4.68. The third-order valence-electron chi connectivity index (χ3n) is 5.07. The maximum Gasteiger partial charge on any atom is 0.320 e. The molecule has 1 fully saturated rings. The van der Waals surface area contributed by atoms with Crippen molar-refractivity contribution in [1.29, 1.82) is 0 Å². The number of carbonyl (C=O) groups excluding carboxylic acids is 1. The molecule has 2 amide bonds. The molecular weight excluding hydrogens is 392 g/mol. The van der Waals surface area contributed by atoms with E-state index in [1.807, 2.05) is 37.3 Å². The minimum absolute atomic E-state index is 0.167. The first-order valence-electron chi connectivity index (χ1n) is 9.40. The first kappa shape index (κ1) is 19.2. The largest absolute Gasteiger partial charge is 0.331 e. The molecule has 152 valence electrons. The van der Waals surface area contributed by atoms with Gasteiger partial charge in [0.1, 0.15) is 5.82 Å². The second-order valence-electron chi connectivity index (χ2n) is 7.12. The number of aromatic amines is 1. The van der Waals surface area contributed by atoms with Gasteiger partial charge in [-0.05, 0) is 25.3 Å². The van der Waals surface area contributed by atoms with Crippen LogP contribution in [0.2, 0.25) is 0 Å². The molecule has 0 radical (unpaired) electrons. The zero-order valence-corrected chi connectivity index (χ0v) is 16.7. The summed E-state index contributed by atoms with van der Waals surface area (Å²) in [5.74, 6) is 0.542. The van der Waals surface area contributed by atoms with Crippen molar-refractivity contribution in [2.24, 2.45) is 0 Å². The Labute approximate surface area is 168 Å². The normalized spacial score (nSPS) is 15.5. The standard InChI is InChI=1S/C19H22N6O3S/c1-12(13-6-3-2-4-7-13)21-19(26)22-17-10-16-15(11-20-17)18(24-23-16)25-29(27,28)14-8-5-9-14/h2-4,6-7,10-12,14H,5,8-9H2,1H3,(H2,23,24,25)(H2,20,21,22,26). The summed E-state index contributed by atoms with van der Waals surface area (Å²) in [7, 11) is -3.45. The van der Waals surface area contributed by atoms with E-state index in [0.29, 0.717) is 29.6 Å². The number of hydrogen-bond donors (Lipinski definition) is 4. The Morgan fingerprint density at radius 3 is 2.69 bits per heavy atom. The van der Waals surface area contributed by atoms with Gasteiger partial charge in [-0.25, -0.2) is 18.2 Å². The summed E-state index contributed by atoms with van der Waals surface area (Å²) < 4.78 is 27.1. The van der Waals surface area contributed by atoms with Gasteiger partial charge in [-0.1, -0.05) is 36.8 Å². The molecule has 1 aliphatic rings. The first-order chi connectivity index (χ1) is 13.9. The Morgan fingerprint density at radius 1 is 1.24 bits per heavy atom. The van der Waals surface area contributed by atoms with Gasteiger partial charge in [-0.3, -0.25) is 15.1 Å². The predicted octanol–water partition coefficient (Wildman–Crippen LogP) is 3.13. The molecule has 2 aromatic heterocycles. The predicted molar refractivity (Wildman–Crippen MR) is 111 cm³/mol. The third kappa shape index (κ3) is 4.16. The lowest BCUT2D eigenvalue weighted by atomic mass is 10.0. The van der Waals surface area contributed by atoms with E-state index in [0.717, 1.165) is 12.0 Å². The van der Waals surface area contributed by atoms with E-state index in [1.54, 1.807) is 6.07 Å². The zero-order valence-electron chi connectivity index (χ0n) is 15.8. The molecule has 2 heterocycles. The van der Waals surface area contributed by atoms with E-state index in [2.05, 4.69) is 30.5 Å². The topological polar surface area (TPSA) is 129 Å². The van der Waals surface area contributed by atoms with E-state index in [-0.39, 0.29) is 17.1 Å². The lowest BCUT2D eigenvalue weighted by molar-refractivity contribution is 0.249. The van der Waals surface area contributed by atoms with Gasteiger partial charge in [-0.2, -0.15) is 5.10 Å². The maximum absolute atomic E-state index is 12.3. The van der Waals surface area contributed by atoms with Crippen molar-refractivity contribution in [3.63, 3.8) is 0 Å². The van der Waals surface area contributed by atoms with Crippen molar-refractivity contribution in [2.45, 2.75) is 37.5 Å². The van der Waals surface area contributed by atoms with Crippen molar-refractivity contribution in [2.75, 3.05) is 10.0 Å². The molecule has 3 aromatic rings. The smallest absolute Gasteiger partial charge is 0.320 e. The van der Waals surface area contributed by atoms with Crippen molar-refractivity contribution in [3.05, 3.63) is 48.2 Å². The van der Waals surface area contributed by atoms with Crippen LogP contribution in [-0.2, 0) is 10.0 Å². The zero-order chi connectivity index (χ0) is 20.4. The van der Waals surface area contributed by atoms with Crippen LogP contribution in [0.5, 0.6) is 0 Å². The van der Waals surface area contributed by atoms with Crippen LogP contribution in [0.15, 0.2) is 42.6 Å². The molecule has 0 spiro atoms. The number of urea groups is 1. The highest BCUT2D eigenvalue weighted by molar-refractivity contribution is 7.93. The van der Waals surface area contributed by atoms with Gasteiger partial charge >= 0.3 is 6.03 Å². The fourth-order valence-electron chi connectivity index (χ4n) is 3.13. The lowest BCUT2D eigenvalue weighted by Crippen LogP contribution is -2.33. The number of anilines is 2. The Balaban J connectivity index is 1.43. The number of fused-ring (bicyclic) bond motifs is 1. The number of aromatic nitrogens is 3. The van der Waals surface area contributed by atoms with E-state index < -0.39 is 16.1 Å². The second kappa shape index (κ2) is 7.70. The Kier molecular flexibility index (Phi) is 5.10. The van der Waals surface area contributed by atoms with Crippen molar-refractivity contribution in [1.82, 2.24) is 20.5 Å². The summed E-state index contributed by atoms with van der Waals surface area (Å²) >= 11 is 0. The summed E-state index contributed by atoms with van der Waals surface area (Å²) in [5.41, 5.74) is 1.56. The minimum atomic E-state index is -3.45. The number of H-pyrrole nitrogens is 1. The van der Waals surface area contributed by atoms with Gasteiger partial charge in [0.05, 0.1) is 22.2 Å². The number of nitrogens with zero attached hydrogens (tertiary/aromatic N) is 2. The molecule has 1 unspecified atom stereocenters. The van der Waals surface area contributed by atoms with Gasteiger partial charge in [0.2, 0.25) is 10.0 Å².